The summed E-state index contributed by atoms with van der Waals surface area (Å²) < 4.78 is 15.3. The van der Waals surface area contributed by atoms with E-state index in [1.807, 2.05) is 0 Å². The van der Waals surface area contributed by atoms with Crippen molar-refractivity contribution in [2.75, 3.05) is 5.32 Å². The van der Waals surface area contributed by atoms with E-state index in [9.17, 15) is 14.0 Å². The van der Waals surface area contributed by atoms with Gasteiger partial charge in [-0.25, -0.2) is 4.39 Å². The molecule has 0 radical (unpaired) electrons. The summed E-state index contributed by atoms with van der Waals surface area (Å²) in [6, 6.07) is 3.92. The molecule has 0 aliphatic heterocycles. The number of aliphatic carboxylic acids is 1. The van der Waals surface area contributed by atoms with Gasteiger partial charge in [0.1, 0.15) is 11.5 Å². The topological polar surface area (TPSA) is 84.2 Å². The zero-order valence-electron chi connectivity index (χ0n) is 11.0. The maximum absolute atomic E-state index is 13.2. The van der Waals surface area contributed by atoms with E-state index >= 15 is 0 Å². The van der Waals surface area contributed by atoms with Crippen LogP contribution in [0.25, 0.3) is 0 Å². The number of hydrogen-bond acceptors (Lipinski definition) is 3. The number of carboxylic acids is 1. The summed E-state index contributed by atoms with van der Waals surface area (Å²) in [4.78, 5) is 22.9. The summed E-state index contributed by atoms with van der Waals surface area (Å²) in [5.74, 6) is -1.91. The first-order chi connectivity index (χ1) is 10.4. The Hall–Kier alpha value is -1.74. The SMILES string of the molecule is O=C(O)CCn1nccc1C(=O)Nc1c(Br)cc(F)cc1Br. The normalized spacial score (nSPS) is 10.5. The van der Waals surface area contributed by atoms with Gasteiger partial charge in [0.25, 0.3) is 5.91 Å². The first-order valence-electron chi connectivity index (χ1n) is 6.08. The predicted molar refractivity (Wildman–Crippen MR) is 84.2 cm³/mol. The second-order valence-electron chi connectivity index (χ2n) is 4.28. The van der Waals surface area contributed by atoms with Gasteiger partial charge in [-0.05, 0) is 50.1 Å². The number of rotatable bonds is 5. The van der Waals surface area contributed by atoms with Crippen molar-refractivity contribution in [1.82, 2.24) is 9.78 Å². The third-order valence-electron chi connectivity index (χ3n) is 2.73. The Morgan fingerprint density at radius 1 is 1.32 bits per heavy atom. The zero-order valence-corrected chi connectivity index (χ0v) is 14.2. The third kappa shape index (κ3) is 3.92. The van der Waals surface area contributed by atoms with E-state index < -0.39 is 17.7 Å². The molecule has 6 nitrogen and oxygen atoms in total. The molecule has 2 N–H and O–H groups in total. The summed E-state index contributed by atoms with van der Waals surface area (Å²) in [6.07, 6.45) is 1.26. The standard InChI is InChI=1S/C13H10Br2FN3O3/c14-8-5-7(16)6-9(15)12(8)18-13(22)10-1-3-17-19(10)4-2-11(20)21/h1,3,5-6H,2,4H2,(H,18,22)(H,20,21). The van der Waals surface area contributed by atoms with Crippen LogP contribution in [0.5, 0.6) is 0 Å². The average molecular weight is 435 g/mol. The number of carbonyl (C=O) groups is 2. The fourth-order valence-corrected chi connectivity index (χ4v) is 3.07. The van der Waals surface area contributed by atoms with Crippen LogP contribution in [0.4, 0.5) is 10.1 Å². The lowest BCUT2D eigenvalue weighted by Crippen LogP contribution is -2.19. The smallest absolute Gasteiger partial charge is 0.305 e. The Morgan fingerprint density at radius 2 is 1.95 bits per heavy atom. The summed E-state index contributed by atoms with van der Waals surface area (Å²) in [5.41, 5.74) is 0.585. The van der Waals surface area contributed by atoms with Gasteiger partial charge in [0.15, 0.2) is 0 Å². The number of halogens is 3. The van der Waals surface area contributed by atoms with E-state index in [-0.39, 0.29) is 18.7 Å². The van der Waals surface area contributed by atoms with Crippen LogP contribution in [0.15, 0.2) is 33.3 Å². The molecule has 22 heavy (non-hydrogen) atoms. The molecule has 0 fully saturated rings. The highest BCUT2D eigenvalue weighted by Crippen LogP contribution is 2.32. The second-order valence-corrected chi connectivity index (χ2v) is 5.99. The fourth-order valence-electron chi connectivity index (χ4n) is 1.74. The lowest BCUT2D eigenvalue weighted by atomic mass is 10.3. The zero-order chi connectivity index (χ0) is 16.3. The van der Waals surface area contributed by atoms with Crippen LogP contribution in [-0.2, 0) is 11.3 Å². The Morgan fingerprint density at radius 3 is 2.55 bits per heavy atom. The number of hydrogen-bond donors (Lipinski definition) is 2. The Bertz CT molecular complexity index is 710. The van der Waals surface area contributed by atoms with Gasteiger partial charge in [-0.15, -0.1) is 0 Å². The van der Waals surface area contributed by atoms with Crippen molar-refractivity contribution in [1.29, 1.82) is 0 Å². The van der Waals surface area contributed by atoms with Crippen LogP contribution in [0, 0.1) is 5.82 Å². The highest BCUT2D eigenvalue weighted by molar-refractivity contribution is 9.11. The third-order valence-corrected chi connectivity index (χ3v) is 3.98. The molecule has 116 valence electrons. The fraction of sp³-hybridized carbons (Fsp3) is 0.154. The van der Waals surface area contributed by atoms with Crippen molar-refractivity contribution in [2.24, 2.45) is 0 Å². The molecular formula is C13H10Br2FN3O3. The predicted octanol–water partition coefficient (Wildman–Crippen LogP) is 3.27. The van der Waals surface area contributed by atoms with Gasteiger partial charge in [0.2, 0.25) is 0 Å². The molecule has 1 amide bonds. The van der Waals surface area contributed by atoms with E-state index in [1.54, 1.807) is 0 Å². The van der Waals surface area contributed by atoms with Crippen LogP contribution in [0.2, 0.25) is 0 Å². The van der Waals surface area contributed by atoms with E-state index in [0.717, 1.165) is 0 Å². The molecule has 0 bridgehead atoms. The summed E-state index contributed by atoms with van der Waals surface area (Å²) in [6.45, 7) is 0.0802. The molecule has 1 heterocycles. The number of nitrogens with one attached hydrogen (secondary N) is 1. The van der Waals surface area contributed by atoms with E-state index in [0.29, 0.717) is 14.6 Å². The van der Waals surface area contributed by atoms with Crippen molar-refractivity contribution in [2.45, 2.75) is 13.0 Å². The summed E-state index contributed by atoms with van der Waals surface area (Å²) >= 11 is 6.35. The molecule has 2 aromatic rings. The van der Waals surface area contributed by atoms with Crippen molar-refractivity contribution in [3.63, 3.8) is 0 Å². The van der Waals surface area contributed by atoms with Gasteiger partial charge in [-0.3, -0.25) is 14.3 Å². The number of benzene rings is 1. The average Bonchev–Trinajstić information content (AvgIpc) is 2.88. The van der Waals surface area contributed by atoms with Crippen molar-refractivity contribution >= 4 is 49.4 Å². The number of aromatic nitrogens is 2. The molecule has 0 unspecified atom stereocenters. The first-order valence-corrected chi connectivity index (χ1v) is 7.66. The lowest BCUT2D eigenvalue weighted by Gasteiger charge is -2.11. The van der Waals surface area contributed by atoms with E-state index in [1.165, 1.54) is 29.1 Å². The van der Waals surface area contributed by atoms with Crippen LogP contribution < -0.4 is 5.32 Å². The minimum atomic E-state index is -0.981. The first kappa shape index (κ1) is 16.6. The maximum atomic E-state index is 13.2. The molecule has 0 atom stereocenters. The molecule has 0 aliphatic rings. The van der Waals surface area contributed by atoms with E-state index in [2.05, 4.69) is 42.3 Å². The van der Waals surface area contributed by atoms with Crippen LogP contribution in [-0.4, -0.2) is 26.8 Å². The number of nitrogens with zero attached hydrogens (tertiary/aromatic N) is 2. The largest absolute Gasteiger partial charge is 0.481 e. The Kier molecular flexibility index (Phi) is 5.30. The molecular weight excluding hydrogens is 425 g/mol. The van der Waals surface area contributed by atoms with Crippen LogP contribution in [0.3, 0.4) is 0 Å². The molecule has 1 aromatic heterocycles. The maximum Gasteiger partial charge on any atom is 0.305 e. The quantitative estimate of drug-likeness (QED) is 0.756. The molecule has 2 rings (SSSR count). The number of aryl methyl sites for hydroxylation is 1. The molecule has 0 saturated heterocycles. The molecule has 0 saturated carbocycles. The molecule has 0 aliphatic carbocycles. The number of carboxylic acid groups (broad SMARTS) is 1. The van der Waals surface area contributed by atoms with Crippen molar-refractivity contribution in [3.8, 4) is 0 Å². The Balaban J connectivity index is 2.20. The number of carbonyl (C=O) groups excluding carboxylic acids is 1. The monoisotopic (exact) mass is 433 g/mol. The van der Waals surface area contributed by atoms with Gasteiger partial charge < -0.3 is 10.4 Å². The highest BCUT2D eigenvalue weighted by atomic mass is 79.9. The van der Waals surface area contributed by atoms with Crippen LogP contribution >= 0.6 is 31.9 Å². The number of anilines is 1. The summed E-state index contributed by atoms with van der Waals surface area (Å²) in [5, 5.41) is 15.2. The molecule has 1 aromatic carbocycles. The lowest BCUT2D eigenvalue weighted by molar-refractivity contribution is -0.137. The number of amides is 1. The van der Waals surface area contributed by atoms with Gasteiger partial charge in [-0.1, -0.05) is 0 Å². The minimum Gasteiger partial charge on any atom is -0.481 e. The Labute approximate surface area is 141 Å². The molecule has 0 spiro atoms. The van der Waals surface area contributed by atoms with Crippen LogP contribution in [0.1, 0.15) is 16.9 Å². The highest BCUT2D eigenvalue weighted by Gasteiger charge is 2.16. The van der Waals surface area contributed by atoms with Crippen molar-refractivity contribution in [3.05, 3.63) is 44.9 Å². The molecule has 9 heteroatoms. The van der Waals surface area contributed by atoms with Crippen molar-refractivity contribution < 1.29 is 19.1 Å². The minimum absolute atomic E-state index is 0.0802. The van der Waals surface area contributed by atoms with Gasteiger partial charge in [0.05, 0.1) is 18.7 Å². The van der Waals surface area contributed by atoms with Gasteiger partial charge >= 0.3 is 5.97 Å². The second kappa shape index (κ2) is 7.01. The van der Waals surface area contributed by atoms with Gasteiger partial charge in [-0.2, -0.15) is 5.10 Å². The summed E-state index contributed by atoms with van der Waals surface area (Å²) in [7, 11) is 0. The van der Waals surface area contributed by atoms with Gasteiger partial charge in [0, 0.05) is 15.1 Å². The van der Waals surface area contributed by atoms with E-state index in [4.69, 9.17) is 5.11 Å².